The molecule has 0 fully saturated rings. The second-order valence-electron chi connectivity index (χ2n) is 4.54. The summed E-state index contributed by atoms with van der Waals surface area (Å²) in [6.07, 6.45) is 1.05. The Morgan fingerprint density at radius 2 is 2.00 bits per heavy atom. The first-order chi connectivity index (χ1) is 9.11. The van der Waals surface area contributed by atoms with Gasteiger partial charge in [-0.15, -0.1) is 11.3 Å². The molecule has 0 saturated heterocycles. The molecule has 1 aromatic heterocycles. The molecule has 1 unspecified atom stereocenters. The van der Waals surface area contributed by atoms with Gasteiger partial charge in [0.25, 0.3) is 0 Å². The van der Waals surface area contributed by atoms with Crippen LogP contribution < -0.4 is 5.32 Å². The Labute approximate surface area is 122 Å². The second-order valence-corrected chi connectivity index (χ2v) is 6.23. The number of benzene rings is 1. The summed E-state index contributed by atoms with van der Waals surface area (Å²) in [7, 11) is 0. The highest BCUT2D eigenvalue weighted by molar-refractivity contribution is 7.16. The van der Waals surface area contributed by atoms with Crippen LogP contribution in [0.25, 0.3) is 0 Å². The van der Waals surface area contributed by atoms with E-state index in [1.807, 2.05) is 19.1 Å². The molecule has 0 amide bonds. The van der Waals surface area contributed by atoms with Crippen molar-refractivity contribution in [3.63, 3.8) is 0 Å². The van der Waals surface area contributed by atoms with Crippen molar-refractivity contribution in [3.05, 3.63) is 56.5 Å². The van der Waals surface area contributed by atoms with Gasteiger partial charge in [-0.1, -0.05) is 30.7 Å². The van der Waals surface area contributed by atoms with Crippen LogP contribution in [0.3, 0.4) is 0 Å². The molecule has 19 heavy (non-hydrogen) atoms. The van der Waals surface area contributed by atoms with Crippen molar-refractivity contribution < 1.29 is 4.39 Å². The molecule has 0 aliphatic heterocycles. The molecule has 2 aromatic rings. The Morgan fingerprint density at radius 1 is 1.32 bits per heavy atom. The van der Waals surface area contributed by atoms with Crippen LogP contribution >= 0.6 is 22.9 Å². The molecular formula is C15H17ClFNS. The maximum absolute atomic E-state index is 13.0. The summed E-state index contributed by atoms with van der Waals surface area (Å²) in [5.41, 5.74) is 2.15. The lowest BCUT2D eigenvalue weighted by molar-refractivity contribution is 0.599. The third-order valence-corrected chi connectivity index (χ3v) is 4.58. The lowest BCUT2D eigenvalue weighted by Crippen LogP contribution is -2.22. The lowest BCUT2D eigenvalue weighted by atomic mass is 10.0. The van der Waals surface area contributed by atoms with Crippen LogP contribution in [0.15, 0.2) is 30.3 Å². The van der Waals surface area contributed by atoms with Gasteiger partial charge in [-0.3, -0.25) is 0 Å². The molecule has 1 aromatic carbocycles. The SMILES string of the molecule is CCCNC(c1ccc(F)cc1)c1cc(C)c(Cl)s1. The predicted octanol–water partition coefficient (Wildman–Crippen LogP) is 4.94. The zero-order valence-corrected chi connectivity index (χ0v) is 12.6. The van der Waals surface area contributed by atoms with Crippen molar-refractivity contribution in [2.45, 2.75) is 26.3 Å². The molecule has 1 heterocycles. The average molecular weight is 298 g/mol. The van der Waals surface area contributed by atoms with E-state index in [1.165, 1.54) is 17.0 Å². The van der Waals surface area contributed by atoms with Gasteiger partial charge in [0.2, 0.25) is 0 Å². The van der Waals surface area contributed by atoms with Crippen LogP contribution in [0, 0.1) is 12.7 Å². The largest absolute Gasteiger partial charge is 0.306 e. The number of rotatable bonds is 5. The van der Waals surface area contributed by atoms with Gasteiger partial charge in [0, 0.05) is 4.88 Å². The Balaban J connectivity index is 2.32. The highest BCUT2D eigenvalue weighted by Gasteiger charge is 2.16. The normalized spacial score (nSPS) is 12.6. The van der Waals surface area contributed by atoms with Crippen LogP contribution in [0.2, 0.25) is 4.34 Å². The highest BCUT2D eigenvalue weighted by Crippen LogP contribution is 2.34. The number of halogens is 2. The summed E-state index contributed by atoms with van der Waals surface area (Å²) in [5, 5.41) is 3.49. The van der Waals surface area contributed by atoms with E-state index in [2.05, 4.69) is 18.3 Å². The highest BCUT2D eigenvalue weighted by atomic mass is 35.5. The lowest BCUT2D eigenvalue weighted by Gasteiger charge is -2.17. The Bertz CT molecular complexity index is 516. The summed E-state index contributed by atoms with van der Waals surface area (Å²) in [6, 6.07) is 8.83. The fourth-order valence-electron chi connectivity index (χ4n) is 1.95. The van der Waals surface area contributed by atoms with Crippen LogP contribution in [0.4, 0.5) is 4.39 Å². The third-order valence-electron chi connectivity index (χ3n) is 2.96. The zero-order chi connectivity index (χ0) is 13.8. The van der Waals surface area contributed by atoms with Crippen molar-refractivity contribution in [3.8, 4) is 0 Å². The van der Waals surface area contributed by atoms with Gasteiger partial charge in [-0.05, 0) is 49.2 Å². The fourth-order valence-corrected chi connectivity index (χ4v) is 3.27. The molecule has 1 nitrogen and oxygen atoms in total. The standard InChI is InChI=1S/C15H17ClFNS/c1-3-8-18-14(11-4-6-12(17)7-5-11)13-9-10(2)15(16)19-13/h4-7,9,14,18H,3,8H2,1-2H3. The van der Waals surface area contributed by atoms with Crippen molar-refractivity contribution in [2.24, 2.45) is 0 Å². The fraction of sp³-hybridized carbons (Fsp3) is 0.333. The molecule has 0 bridgehead atoms. The number of thiophene rings is 1. The molecular weight excluding hydrogens is 281 g/mol. The molecule has 0 spiro atoms. The molecule has 2 rings (SSSR count). The molecule has 0 radical (unpaired) electrons. The summed E-state index contributed by atoms with van der Waals surface area (Å²) in [6.45, 7) is 5.04. The molecule has 4 heteroatoms. The van der Waals surface area contributed by atoms with Crippen molar-refractivity contribution in [1.29, 1.82) is 0 Å². The van der Waals surface area contributed by atoms with Crippen molar-refractivity contribution in [2.75, 3.05) is 6.54 Å². The van der Waals surface area contributed by atoms with Gasteiger partial charge in [-0.2, -0.15) is 0 Å². The van der Waals surface area contributed by atoms with E-state index in [-0.39, 0.29) is 11.9 Å². The first-order valence-corrected chi connectivity index (χ1v) is 7.56. The molecule has 0 aliphatic carbocycles. The van der Waals surface area contributed by atoms with Crippen molar-refractivity contribution in [1.82, 2.24) is 5.32 Å². The topological polar surface area (TPSA) is 12.0 Å². The summed E-state index contributed by atoms with van der Waals surface area (Å²) in [5.74, 6) is -0.210. The average Bonchev–Trinajstić information content (AvgIpc) is 2.72. The Hall–Kier alpha value is -0.900. The van der Waals surface area contributed by atoms with Crippen LogP contribution in [0.1, 0.15) is 35.4 Å². The van der Waals surface area contributed by atoms with Gasteiger partial charge in [-0.25, -0.2) is 4.39 Å². The third kappa shape index (κ3) is 3.56. The quantitative estimate of drug-likeness (QED) is 0.824. The number of nitrogens with one attached hydrogen (secondary N) is 1. The summed E-state index contributed by atoms with van der Waals surface area (Å²) >= 11 is 7.73. The zero-order valence-electron chi connectivity index (χ0n) is 11.0. The smallest absolute Gasteiger partial charge is 0.123 e. The van der Waals surface area contributed by atoms with Crippen LogP contribution in [0.5, 0.6) is 0 Å². The first kappa shape index (κ1) is 14.5. The van der Waals surface area contributed by atoms with E-state index >= 15 is 0 Å². The number of hydrogen-bond donors (Lipinski definition) is 1. The van der Waals surface area contributed by atoms with E-state index in [4.69, 9.17) is 11.6 Å². The Kier molecular flexibility index (Phi) is 4.97. The molecule has 0 saturated carbocycles. The van der Waals surface area contributed by atoms with E-state index in [0.29, 0.717) is 0 Å². The molecule has 0 aliphatic rings. The minimum Gasteiger partial charge on any atom is -0.306 e. The van der Waals surface area contributed by atoms with Gasteiger partial charge < -0.3 is 5.32 Å². The minimum absolute atomic E-state index is 0.0803. The van der Waals surface area contributed by atoms with E-state index < -0.39 is 0 Å². The van der Waals surface area contributed by atoms with Gasteiger partial charge in [0.1, 0.15) is 5.82 Å². The van der Waals surface area contributed by atoms with Gasteiger partial charge in [0.15, 0.2) is 0 Å². The minimum atomic E-state index is -0.210. The first-order valence-electron chi connectivity index (χ1n) is 6.36. The van der Waals surface area contributed by atoms with Crippen molar-refractivity contribution >= 4 is 22.9 Å². The Morgan fingerprint density at radius 3 is 2.53 bits per heavy atom. The number of aryl methyl sites for hydroxylation is 1. The van der Waals surface area contributed by atoms with Crippen LogP contribution in [-0.2, 0) is 0 Å². The van der Waals surface area contributed by atoms with Gasteiger partial charge >= 0.3 is 0 Å². The number of hydrogen-bond acceptors (Lipinski definition) is 2. The molecule has 1 atom stereocenters. The van der Waals surface area contributed by atoms with Crippen LogP contribution in [-0.4, -0.2) is 6.54 Å². The maximum atomic E-state index is 13.0. The van der Waals surface area contributed by atoms with E-state index in [1.54, 1.807) is 11.3 Å². The predicted molar refractivity (Wildman–Crippen MR) is 80.6 cm³/mol. The molecule has 1 N–H and O–H groups in total. The maximum Gasteiger partial charge on any atom is 0.123 e. The monoisotopic (exact) mass is 297 g/mol. The molecule has 102 valence electrons. The van der Waals surface area contributed by atoms with E-state index in [9.17, 15) is 4.39 Å². The summed E-state index contributed by atoms with van der Waals surface area (Å²) < 4.78 is 13.9. The van der Waals surface area contributed by atoms with Gasteiger partial charge in [0.05, 0.1) is 10.4 Å². The second kappa shape index (κ2) is 6.51. The van der Waals surface area contributed by atoms with E-state index in [0.717, 1.165) is 28.4 Å². The summed E-state index contributed by atoms with van der Waals surface area (Å²) in [4.78, 5) is 1.17.